The summed E-state index contributed by atoms with van der Waals surface area (Å²) in [5.74, 6) is 1.19. The van der Waals surface area contributed by atoms with Crippen molar-refractivity contribution in [1.82, 2.24) is 10.1 Å². The third kappa shape index (κ3) is 4.32. The Bertz CT molecular complexity index is 662. The number of ether oxygens (including phenoxy) is 3. The number of carbonyl (C=O) groups is 1. The van der Waals surface area contributed by atoms with E-state index < -0.39 is 0 Å². The normalized spacial score (nSPS) is 17.0. The molecule has 0 amide bonds. The first-order chi connectivity index (χ1) is 11.7. The van der Waals surface area contributed by atoms with Crippen LogP contribution in [0.3, 0.4) is 0 Å². The quantitative estimate of drug-likeness (QED) is 0.721. The summed E-state index contributed by atoms with van der Waals surface area (Å²) in [4.78, 5) is 16.0. The van der Waals surface area contributed by atoms with Crippen molar-refractivity contribution in [2.75, 3.05) is 13.7 Å². The summed E-state index contributed by atoms with van der Waals surface area (Å²) >= 11 is 0. The molecule has 2 aromatic rings. The van der Waals surface area contributed by atoms with Crippen LogP contribution in [0.5, 0.6) is 5.75 Å². The van der Waals surface area contributed by atoms with Crippen molar-refractivity contribution < 1.29 is 23.5 Å². The predicted molar refractivity (Wildman–Crippen MR) is 84.3 cm³/mol. The molecule has 1 saturated heterocycles. The summed E-state index contributed by atoms with van der Waals surface area (Å²) in [6, 6.07) is 7.27. The lowest BCUT2D eigenvalue weighted by atomic mass is 10.1. The van der Waals surface area contributed by atoms with Crippen molar-refractivity contribution in [1.29, 1.82) is 0 Å². The summed E-state index contributed by atoms with van der Waals surface area (Å²) in [5, 5.41) is 3.83. The smallest absolute Gasteiger partial charge is 0.306 e. The summed E-state index contributed by atoms with van der Waals surface area (Å²) in [6.07, 6.45) is 3.31. The van der Waals surface area contributed by atoms with Crippen LogP contribution in [-0.4, -0.2) is 35.9 Å². The first kappa shape index (κ1) is 16.4. The summed E-state index contributed by atoms with van der Waals surface area (Å²) in [5.41, 5.74) is 0.777. The van der Waals surface area contributed by atoms with E-state index in [0.29, 0.717) is 24.6 Å². The molecule has 1 aromatic heterocycles. The molecule has 0 radical (unpaired) electrons. The average molecular weight is 332 g/mol. The number of hydrogen-bond acceptors (Lipinski definition) is 7. The molecule has 1 aliphatic rings. The molecule has 1 fully saturated rings. The van der Waals surface area contributed by atoms with Crippen molar-refractivity contribution in [2.45, 2.75) is 38.4 Å². The second-order valence-electron chi connectivity index (χ2n) is 5.58. The Morgan fingerprint density at radius 1 is 1.33 bits per heavy atom. The molecule has 1 aromatic carbocycles. The number of esters is 1. The Kier molecular flexibility index (Phi) is 5.43. The van der Waals surface area contributed by atoms with Gasteiger partial charge in [-0.15, -0.1) is 0 Å². The van der Waals surface area contributed by atoms with Crippen molar-refractivity contribution in [3.63, 3.8) is 0 Å². The average Bonchev–Trinajstić information content (AvgIpc) is 3.30. The maximum atomic E-state index is 11.7. The van der Waals surface area contributed by atoms with Crippen LogP contribution in [0.25, 0.3) is 11.5 Å². The van der Waals surface area contributed by atoms with E-state index in [0.717, 1.165) is 30.8 Å². The van der Waals surface area contributed by atoms with E-state index >= 15 is 0 Å². The van der Waals surface area contributed by atoms with Gasteiger partial charge in [-0.25, -0.2) is 0 Å². The minimum atomic E-state index is -0.277. The molecular weight excluding hydrogens is 312 g/mol. The molecule has 0 aliphatic carbocycles. The lowest BCUT2D eigenvalue weighted by Gasteiger charge is -2.07. The summed E-state index contributed by atoms with van der Waals surface area (Å²) in [7, 11) is 1.60. The Hall–Kier alpha value is -2.41. The highest BCUT2D eigenvalue weighted by Gasteiger charge is 2.17. The zero-order valence-corrected chi connectivity index (χ0v) is 13.6. The third-order valence-corrected chi connectivity index (χ3v) is 3.86. The third-order valence-electron chi connectivity index (χ3n) is 3.86. The molecule has 0 saturated carbocycles. The maximum Gasteiger partial charge on any atom is 0.306 e. The van der Waals surface area contributed by atoms with Gasteiger partial charge in [0, 0.05) is 18.6 Å². The van der Waals surface area contributed by atoms with E-state index in [2.05, 4.69) is 10.1 Å². The largest absolute Gasteiger partial charge is 0.497 e. The van der Waals surface area contributed by atoms with Gasteiger partial charge in [-0.05, 0) is 43.5 Å². The highest BCUT2D eigenvalue weighted by molar-refractivity contribution is 5.69. The number of benzene rings is 1. The lowest BCUT2D eigenvalue weighted by Crippen LogP contribution is -2.11. The second kappa shape index (κ2) is 7.92. The molecule has 7 heteroatoms. The lowest BCUT2D eigenvalue weighted by molar-refractivity contribution is -0.145. The topological polar surface area (TPSA) is 83.7 Å². The molecule has 2 heterocycles. The van der Waals surface area contributed by atoms with E-state index in [1.54, 1.807) is 7.11 Å². The maximum absolute atomic E-state index is 11.7. The van der Waals surface area contributed by atoms with Gasteiger partial charge in [0.25, 0.3) is 5.89 Å². The van der Waals surface area contributed by atoms with Crippen LogP contribution in [-0.2, 0) is 20.9 Å². The van der Waals surface area contributed by atoms with Crippen molar-refractivity contribution in [3.05, 3.63) is 30.1 Å². The Morgan fingerprint density at radius 2 is 2.17 bits per heavy atom. The van der Waals surface area contributed by atoms with E-state index in [1.165, 1.54) is 0 Å². The van der Waals surface area contributed by atoms with E-state index in [1.807, 2.05) is 24.3 Å². The number of carbonyl (C=O) groups excluding carboxylic acids is 1. The Morgan fingerprint density at radius 3 is 2.88 bits per heavy atom. The molecule has 3 rings (SSSR count). The molecule has 0 bridgehead atoms. The fraction of sp³-hybridized carbons (Fsp3) is 0.471. The Balaban J connectivity index is 1.47. The van der Waals surface area contributed by atoms with Crippen LogP contribution in [0, 0.1) is 0 Å². The van der Waals surface area contributed by atoms with Gasteiger partial charge in [0.1, 0.15) is 5.75 Å². The molecule has 1 atom stereocenters. The molecule has 0 spiro atoms. The van der Waals surface area contributed by atoms with Gasteiger partial charge in [0.05, 0.1) is 13.2 Å². The van der Waals surface area contributed by atoms with Crippen molar-refractivity contribution >= 4 is 5.97 Å². The number of methoxy groups -OCH3 is 1. The van der Waals surface area contributed by atoms with Gasteiger partial charge in [-0.1, -0.05) is 5.16 Å². The van der Waals surface area contributed by atoms with Crippen molar-refractivity contribution in [3.8, 4) is 17.2 Å². The van der Waals surface area contributed by atoms with E-state index in [4.69, 9.17) is 18.7 Å². The number of rotatable bonds is 7. The van der Waals surface area contributed by atoms with E-state index in [9.17, 15) is 4.79 Å². The fourth-order valence-corrected chi connectivity index (χ4v) is 2.53. The standard InChI is InChI=1S/C17H20N2O5/c1-21-13-6-4-12(5-7-13)17-18-15(19-24-17)11-23-16(20)9-8-14-3-2-10-22-14/h4-7,14H,2-3,8-11H2,1H3. The van der Waals surface area contributed by atoms with Gasteiger partial charge in [-0.3, -0.25) is 4.79 Å². The van der Waals surface area contributed by atoms with Gasteiger partial charge >= 0.3 is 5.97 Å². The van der Waals surface area contributed by atoms with Crippen LogP contribution < -0.4 is 4.74 Å². The van der Waals surface area contributed by atoms with E-state index in [-0.39, 0.29) is 18.7 Å². The summed E-state index contributed by atoms with van der Waals surface area (Å²) < 4.78 is 20.9. The summed E-state index contributed by atoms with van der Waals surface area (Å²) in [6.45, 7) is 0.792. The number of aromatic nitrogens is 2. The molecule has 1 aliphatic heterocycles. The van der Waals surface area contributed by atoms with Crippen LogP contribution in [0.15, 0.2) is 28.8 Å². The van der Waals surface area contributed by atoms with Crippen LogP contribution in [0.2, 0.25) is 0 Å². The van der Waals surface area contributed by atoms with Gasteiger partial charge in [0.2, 0.25) is 5.82 Å². The highest BCUT2D eigenvalue weighted by atomic mass is 16.5. The number of hydrogen-bond donors (Lipinski definition) is 0. The molecular formula is C17H20N2O5. The van der Waals surface area contributed by atoms with Gasteiger partial charge in [0.15, 0.2) is 6.61 Å². The number of nitrogens with zero attached hydrogens (tertiary/aromatic N) is 2. The molecule has 0 N–H and O–H groups in total. The van der Waals surface area contributed by atoms with Crippen molar-refractivity contribution in [2.24, 2.45) is 0 Å². The van der Waals surface area contributed by atoms with Crippen LogP contribution in [0.4, 0.5) is 0 Å². The molecule has 128 valence electrons. The predicted octanol–water partition coefficient (Wildman–Crippen LogP) is 2.75. The molecule has 24 heavy (non-hydrogen) atoms. The first-order valence-corrected chi connectivity index (χ1v) is 7.99. The van der Waals surface area contributed by atoms with Gasteiger partial charge < -0.3 is 18.7 Å². The first-order valence-electron chi connectivity index (χ1n) is 7.99. The monoisotopic (exact) mass is 332 g/mol. The minimum Gasteiger partial charge on any atom is -0.497 e. The van der Waals surface area contributed by atoms with Crippen LogP contribution >= 0.6 is 0 Å². The van der Waals surface area contributed by atoms with Crippen LogP contribution in [0.1, 0.15) is 31.5 Å². The highest BCUT2D eigenvalue weighted by Crippen LogP contribution is 2.21. The SMILES string of the molecule is COc1ccc(-c2nc(COC(=O)CCC3CCCO3)no2)cc1. The van der Waals surface area contributed by atoms with Gasteiger partial charge in [-0.2, -0.15) is 4.98 Å². The fourth-order valence-electron chi connectivity index (χ4n) is 2.53. The second-order valence-corrected chi connectivity index (χ2v) is 5.58. The molecule has 1 unspecified atom stereocenters. The Labute approximate surface area is 139 Å². The zero-order valence-electron chi connectivity index (χ0n) is 13.6. The minimum absolute atomic E-state index is 0.00398. The molecule has 7 nitrogen and oxygen atoms in total. The zero-order chi connectivity index (χ0) is 16.8.